The fourth-order valence-corrected chi connectivity index (χ4v) is 2.30. The molecular formula is C16H19Cl2N3O3. The predicted octanol–water partition coefficient (Wildman–Crippen LogP) is 2.32. The number of carbonyl (C=O) groups is 1. The molecule has 8 heteroatoms. The number of nitrogens with two attached hydrogens (primary N) is 1. The molecule has 0 unspecified atom stereocenters. The van der Waals surface area contributed by atoms with E-state index in [4.69, 9.17) is 26.8 Å². The molecule has 6 nitrogen and oxygen atoms in total. The van der Waals surface area contributed by atoms with Crippen molar-refractivity contribution >= 4 is 29.9 Å². The van der Waals surface area contributed by atoms with Gasteiger partial charge in [0.05, 0.1) is 12.1 Å². The van der Waals surface area contributed by atoms with Crippen LogP contribution >= 0.6 is 24.0 Å². The molecule has 0 aliphatic carbocycles. The van der Waals surface area contributed by atoms with E-state index in [0.717, 1.165) is 11.1 Å². The molecular weight excluding hydrogens is 353 g/mol. The monoisotopic (exact) mass is 371 g/mol. The third-order valence-corrected chi connectivity index (χ3v) is 3.31. The number of halogens is 2. The van der Waals surface area contributed by atoms with E-state index in [9.17, 15) is 4.79 Å². The van der Waals surface area contributed by atoms with Gasteiger partial charge in [-0.25, -0.2) is 0 Å². The van der Waals surface area contributed by atoms with Crippen LogP contribution in [0.5, 0.6) is 11.5 Å². The Kier molecular flexibility index (Phi) is 8.32. The standard InChI is InChI=1S/C16H18ClN3O3.ClH/c1-22-14-6-12(5-13(17)16(14)23-10-15(18)21)9-20-8-11-3-2-4-19-7-11;/h2-7,20H,8-10H2,1H3,(H2,18,21);1H. The van der Waals surface area contributed by atoms with Crippen molar-refractivity contribution in [2.45, 2.75) is 13.1 Å². The second-order valence-electron chi connectivity index (χ2n) is 4.83. The van der Waals surface area contributed by atoms with Crippen molar-refractivity contribution in [2.24, 2.45) is 5.73 Å². The molecule has 1 aromatic carbocycles. The maximum Gasteiger partial charge on any atom is 0.255 e. The fourth-order valence-electron chi connectivity index (χ4n) is 2.01. The summed E-state index contributed by atoms with van der Waals surface area (Å²) < 4.78 is 10.6. The Balaban J connectivity index is 0.00000288. The molecule has 24 heavy (non-hydrogen) atoms. The van der Waals surface area contributed by atoms with Crippen molar-refractivity contribution in [1.29, 1.82) is 0 Å². The summed E-state index contributed by atoms with van der Waals surface area (Å²) in [5, 5.41) is 3.66. The molecule has 3 N–H and O–H groups in total. The zero-order chi connectivity index (χ0) is 16.7. The number of nitrogens with zero attached hydrogens (tertiary/aromatic N) is 1. The summed E-state index contributed by atoms with van der Waals surface area (Å²) in [5.74, 6) is 0.186. The van der Waals surface area contributed by atoms with Gasteiger partial charge in [0.2, 0.25) is 0 Å². The Hall–Kier alpha value is -2.02. The Morgan fingerprint density at radius 2 is 2.08 bits per heavy atom. The zero-order valence-corrected chi connectivity index (χ0v) is 14.7. The lowest BCUT2D eigenvalue weighted by atomic mass is 10.2. The summed E-state index contributed by atoms with van der Waals surface area (Å²) in [6, 6.07) is 7.45. The van der Waals surface area contributed by atoms with Crippen LogP contribution in [0, 0.1) is 0 Å². The number of pyridine rings is 1. The predicted molar refractivity (Wildman–Crippen MR) is 94.7 cm³/mol. The fraction of sp³-hybridized carbons (Fsp3) is 0.250. The summed E-state index contributed by atoms with van der Waals surface area (Å²) >= 11 is 6.20. The average molecular weight is 372 g/mol. The van der Waals surface area contributed by atoms with Crippen LogP contribution in [0.15, 0.2) is 36.7 Å². The summed E-state index contributed by atoms with van der Waals surface area (Å²) in [4.78, 5) is 14.9. The van der Waals surface area contributed by atoms with Crippen LogP contribution in [0.25, 0.3) is 0 Å². The quantitative estimate of drug-likeness (QED) is 0.743. The minimum atomic E-state index is -0.578. The number of ether oxygens (including phenoxy) is 2. The van der Waals surface area contributed by atoms with Crippen LogP contribution < -0.4 is 20.5 Å². The van der Waals surface area contributed by atoms with Crippen molar-refractivity contribution in [3.8, 4) is 11.5 Å². The van der Waals surface area contributed by atoms with E-state index >= 15 is 0 Å². The summed E-state index contributed by atoms with van der Waals surface area (Å²) in [7, 11) is 1.51. The minimum Gasteiger partial charge on any atom is -0.493 e. The molecule has 0 bridgehead atoms. The normalized spacial score (nSPS) is 9.92. The zero-order valence-electron chi connectivity index (χ0n) is 13.1. The first-order chi connectivity index (χ1) is 11.1. The van der Waals surface area contributed by atoms with E-state index in [1.165, 1.54) is 7.11 Å². The van der Waals surface area contributed by atoms with Crippen LogP contribution in [0.4, 0.5) is 0 Å². The van der Waals surface area contributed by atoms with Crippen molar-refractivity contribution < 1.29 is 14.3 Å². The Labute approximate surface area is 151 Å². The molecule has 0 spiro atoms. The molecule has 0 atom stereocenters. The van der Waals surface area contributed by atoms with Gasteiger partial charge in [0, 0.05) is 25.5 Å². The number of primary amides is 1. The molecule has 0 saturated heterocycles. The Morgan fingerprint density at radius 3 is 2.71 bits per heavy atom. The van der Waals surface area contributed by atoms with Gasteiger partial charge < -0.3 is 20.5 Å². The molecule has 0 aliphatic rings. The van der Waals surface area contributed by atoms with Crippen LogP contribution in [0.3, 0.4) is 0 Å². The number of methoxy groups -OCH3 is 1. The molecule has 130 valence electrons. The second-order valence-corrected chi connectivity index (χ2v) is 5.24. The molecule has 2 rings (SSSR count). The lowest BCUT2D eigenvalue weighted by Crippen LogP contribution is -2.20. The van der Waals surface area contributed by atoms with E-state index in [-0.39, 0.29) is 19.0 Å². The summed E-state index contributed by atoms with van der Waals surface area (Å²) in [5.41, 5.74) is 7.09. The van der Waals surface area contributed by atoms with E-state index < -0.39 is 5.91 Å². The lowest BCUT2D eigenvalue weighted by Gasteiger charge is -2.13. The molecule has 1 heterocycles. The van der Waals surface area contributed by atoms with Gasteiger partial charge >= 0.3 is 0 Å². The maximum absolute atomic E-state index is 10.8. The largest absolute Gasteiger partial charge is 0.493 e. The van der Waals surface area contributed by atoms with E-state index in [1.54, 1.807) is 24.5 Å². The highest BCUT2D eigenvalue weighted by Crippen LogP contribution is 2.36. The highest BCUT2D eigenvalue weighted by Gasteiger charge is 2.13. The van der Waals surface area contributed by atoms with Gasteiger partial charge in [-0.1, -0.05) is 17.7 Å². The highest BCUT2D eigenvalue weighted by atomic mass is 35.5. The number of nitrogens with one attached hydrogen (secondary N) is 1. The van der Waals surface area contributed by atoms with Crippen molar-refractivity contribution in [3.63, 3.8) is 0 Å². The van der Waals surface area contributed by atoms with Gasteiger partial charge in [-0.2, -0.15) is 0 Å². The third kappa shape index (κ3) is 5.88. The van der Waals surface area contributed by atoms with Crippen molar-refractivity contribution in [3.05, 3.63) is 52.8 Å². The minimum absolute atomic E-state index is 0. The first-order valence-electron chi connectivity index (χ1n) is 6.97. The topological polar surface area (TPSA) is 86.5 Å². The van der Waals surface area contributed by atoms with Crippen molar-refractivity contribution in [1.82, 2.24) is 10.3 Å². The molecule has 0 radical (unpaired) electrons. The van der Waals surface area contributed by atoms with Gasteiger partial charge in [-0.05, 0) is 29.3 Å². The van der Waals surface area contributed by atoms with E-state index in [0.29, 0.717) is 29.6 Å². The van der Waals surface area contributed by atoms with Gasteiger partial charge in [0.25, 0.3) is 5.91 Å². The number of rotatable bonds is 8. The number of carbonyl (C=O) groups excluding carboxylic acids is 1. The average Bonchev–Trinajstić information content (AvgIpc) is 2.54. The second kappa shape index (κ2) is 9.97. The summed E-state index contributed by atoms with van der Waals surface area (Å²) in [6.45, 7) is 1.03. The van der Waals surface area contributed by atoms with Crippen LogP contribution in [0.2, 0.25) is 5.02 Å². The number of benzene rings is 1. The lowest BCUT2D eigenvalue weighted by molar-refractivity contribution is -0.119. The Morgan fingerprint density at radius 1 is 1.33 bits per heavy atom. The van der Waals surface area contributed by atoms with E-state index in [1.807, 2.05) is 12.1 Å². The molecule has 1 aromatic heterocycles. The SMILES string of the molecule is COc1cc(CNCc2cccnc2)cc(Cl)c1OCC(N)=O.Cl. The number of hydrogen-bond acceptors (Lipinski definition) is 5. The van der Waals surface area contributed by atoms with Gasteiger partial charge in [0.1, 0.15) is 0 Å². The summed E-state index contributed by atoms with van der Waals surface area (Å²) in [6.07, 6.45) is 3.54. The van der Waals surface area contributed by atoms with Gasteiger partial charge in [-0.3, -0.25) is 9.78 Å². The molecule has 1 amide bonds. The number of hydrogen-bond donors (Lipinski definition) is 2. The van der Waals surface area contributed by atoms with Crippen molar-refractivity contribution in [2.75, 3.05) is 13.7 Å². The highest BCUT2D eigenvalue weighted by molar-refractivity contribution is 6.32. The van der Waals surface area contributed by atoms with Gasteiger partial charge in [-0.15, -0.1) is 12.4 Å². The van der Waals surface area contributed by atoms with E-state index in [2.05, 4.69) is 10.3 Å². The number of amides is 1. The third-order valence-electron chi connectivity index (χ3n) is 3.03. The van der Waals surface area contributed by atoms with Gasteiger partial charge in [0.15, 0.2) is 18.1 Å². The first kappa shape index (κ1) is 20.0. The maximum atomic E-state index is 10.8. The first-order valence-corrected chi connectivity index (χ1v) is 7.35. The molecule has 0 fully saturated rings. The van der Waals surface area contributed by atoms with Crippen LogP contribution in [-0.4, -0.2) is 24.6 Å². The van der Waals surface area contributed by atoms with Crippen LogP contribution in [-0.2, 0) is 17.9 Å². The number of aromatic nitrogens is 1. The molecule has 0 saturated carbocycles. The molecule has 2 aromatic rings. The molecule has 0 aliphatic heterocycles. The smallest absolute Gasteiger partial charge is 0.255 e. The Bertz CT molecular complexity index is 669. The van der Waals surface area contributed by atoms with Crippen LogP contribution in [0.1, 0.15) is 11.1 Å².